The first-order valence-corrected chi connectivity index (χ1v) is 11.9. The molecule has 0 bridgehead atoms. The Morgan fingerprint density at radius 1 is 1.00 bits per heavy atom. The zero-order valence-electron chi connectivity index (χ0n) is 17.8. The van der Waals surface area contributed by atoms with E-state index < -0.39 is 0 Å². The number of aromatic nitrogens is 1. The van der Waals surface area contributed by atoms with Crippen LogP contribution in [0.1, 0.15) is 96.5 Å². The number of amides is 1. The van der Waals surface area contributed by atoms with Crippen molar-refractivity contribution in [1.82, 2.24) is 4.98 Å². The third-order valence-corrected chi connectivity index (χ3v) is 6.15. The summed E-state index contributed by atoms with van der Waals surface area (Å²) >= 11 is 1.50. The molecule has 0 saturated carbocycles. The number of hydrogen-bond donors (Lipinski definition) is 1. The van der Waals surface area contributed by atoms with Gasteiger partial charge in [0.05, 0.1) is 5.69 Å². The predicted octanol–water partition coefficient (Wildman–Crippen LogP) is 7.79. The molecule has 1 aromatic heterocycles. The quantitative estimate of drug-likeness (QED) is 0.349. The fourth-order valence-electron chi connectivity index (χ4n) is 3.28. The number of benzene rings is 1. The van der Waals surface area contributed by atoms with E-state index in [4.69, 9.17) is 0 Å². The van der Waals surface area contributed by atoms with E-state index >= 15 is 0 Å². The molecule has 1 unspecified atom stereocenters. The lowest BCUT2D eigenvalue weighted by Crippen LogP contribution is -2.10. The van der Waals surface area contributed by atoms with Gasteiger partial charge < -0.3 is 5.32 Å². The minimum atomic E-state index is 0.0824. The van der Waals surface area contributed by atoms with Gasteiger partial charge in [0, 0.05) is 17.4 Å². The van der Waals surface area contributed by atoms with Crippen LogP contribution in [-0.4, -0.2) is 10.9 Å². The first-order valence-electron chi connectivity index (χ1n) is 11.0. The van der Waals surface area contributed by atoms with E-state index in [9.17, 15) is 4.79 Å². The second-order valence-corrected chi connectivity index (χ2v) is 8.60. The molecule has 0 spiro atoms. The molecule has 0 aliphatic carbocycles. The van der Waals surface area contributed by atoms with Crippen molar-refractivity contribution in [2.45, 2.75) is 90.9 Å². The molecule has 0 saturated heterocycles. The highest BCUT2D eigenvalue weighted by atomic mass is 32.1. The van der Waals surface area contributed by atoms with Crippen LogP contribution in [0.5, 0.6) is 0 Å². The van der Waals surface area contributed by atoms with Crippen molar-refractivity contribution in [1.29, 1.82) is 0 Å². The molecule has 154 valence electrons. The van der Waals surface area contributed by atoms with E-state index in [1.54, 1.807) is 0 Å². The standard InChI is InChI=1S/C24H36N2OS/c1-4-6-7-8-9-10-11-12-13-23(27)26-24-25-22(18-28-24)21-16-14-20(15-17-21)19(3)5-2/h14-19H,4-13H2,1-3H3,(H,25,26,27). The largest absolute Gasteiger partial charge is 0.302 e. The van der Waals surface area contributed by atoms with Crippen LogP contribution in [0.25, 0.3) is 11.3 Å². The van der Waals surface area contributed by atoms with Crippen molar-refractivity contribution < 1.29 is 4.79 Å². The van der Waals surface area contributed by atoms with Gasteiger partial charge >= 0.3 is 0 Å². The van der Waals surface area contributed by atoms with Crippen molar-refractivity contribution >= 4 is 22.4 Å². The Balaban J connectivity index is 1.71. The average molecular weight is 401 g/mol. The van der Waals surface area contributed by atoms with Gasteiger partial charge in [0.1, 0.15) is 0 Å². The Morgan fingerprint density at radius 3 is 2.29 bits per heavy atom. The summed E-state index contributed by atoms with van der Waals surface area (Å²) in [6.45, 7) is 6.70. The summed E-state index contributed by atoms with van der Waals surface area (Å²) in [5, 5.41) is 5.68. The lowest BCUT2D eigenvalue weighted by molar-refractivity contribution is -0.116. The number of nitrogens with one attached hydrogen (secondary N) is 1. The molecule has 2 rings (SSSR count). The fourth-order valence-corrected chi connectivity index (χ4v) is 4.02. The van der Waals surface area contributed by atoms with Crippen LogP contribution in [0.3, 0.4) is 0 Å². The number of anilines is 1. The highest BCUT2D eigenvalue weighted by Crippen LogP contribution is 2.27. The molecule has 0 fully saturated rings. The molecule has 1 N–H and O–H groups in total. The summed E-state index contributed by atoms with van der Waals surface area (Å²) < 4.78 is 0. The summed E-state index contributed by atoms with van der Waals surface area (Å²) in [6.07, 6.45) is 11.7. The van der Waals surface area contributed by atoms with E-state index in [-0.39, 0.29) is 5.91 Å². The topological polar surface area (TPSA) is 42.0 Å². The maximum atomic E-state index is 12.1. The van der Waals surface area contributed by atoms with Gasteiger partial charge in [-0.15, -0.1) is 11.3 Å². The molecule has 1 heterocycles. The third kappa shape index (κ3) is 7.75. The lowest BCUT2D eigenvalue weighted by Gasteiger charge is -2.08. The predicted molar refractivity (Wildman–Crippen MR) is 122 cm³/mol. The van der Waals surface area contributed by atoms with Gasteiger partial charge in [0.15, 0.2) is 5.13 Å². The van der Waals surface area contributed by atoms with Crippen molar-refractivity contribution in [3.8, 4) is 11.3 Å². The van der Waals surface area contributed by atoms with Gasteiger partial charge in [-0.3, -0.25) is 4.79 Å². The number of hydrogen-bond acceptors (Lipinski definition) is 3. The minimum Gasteiger partial charge on any atom is -0.302 e. The molecule has 28 heavy (non-hydrogen) atoms. The maximum absolute atomic E-state index is 12.1. The smallest absolute Gasteiger partial charge is 0.226 e. The van der Waals surface area contributed by atoms with E-state index in [1.807, 2.05) is 5.38 Å². The molecular formula is C24H36N2OS. The SMILES string of the molecule is CCCCCCCCCCC(=O)Nc1nc(-c2ccc(C(C)CC)cc2)cs1. The summed E-state index contributed by atoms with van der Waals surface area (Å²) in [4.78, 5) is 16.7. The van der Waals surface area contributed by atoms with Crippen LogP contribution in [0.15, 0.2) is 29.6 Å². The molecule has 0 aliphatic heterocycles. The van der Waals surface area contributed by atoms with Crippen LogP contribution in [0, 0.1) is 0 Å². The van der Waals surface area contributed by atoms with Crippen molar-refractivity contribution in [2.24, 2.45) is 0 Å². The minimum absolute atomic E-state index is 0.0824. The second-order valence-electron chi connectivity index (χ2n) is 7.74. The molecule has 3 nitrogen and oxygen atoms in total. The number of nitrogens with zero attached hydrogens (tertiary/aromatic N) is 1. The number of carbonyl (C=O) groups is 1. The Labute approximate surface area is 175 Å². The first-order chi connectivity index (χ1) is 13.6. The molecule has 2 aromatic rings. The molecule has 0 aliphatic rings. The van der Waals surface area contributed by atoms with Crippen LogP contribution in [-0.2, 0) is 4.79 Å². The summed E-state index contributed by atoms with van der Waals surface area (Å²) in [5.41, 5.74) is 3.40. The number of carbonyl (C=O) groups excluding carboxylic acids is 1. The van der Waals surface area contributed by atoms with Gasteiger partial charge in [-0.05, 0) is 24.3 Å². The van der Waals surface area contributed by atoms with E-state index in [1.165, 1.54) is 55.4 Å². The lowest BCUT2D eigenvalue weighted by atomic mass is 9.97. The normalized spacial score (nSPS) is 12.1. The number of unbranched alkanes of at least 4 members (excludes halogenated alkanes) is 7. The van der Waals surface area contributed by atoms with Crippen molar-refractivity contribution in [3.63, 3.8) is 0 Å². The van der Waals surface area contributed by atoms with Crippen LogP contribution < -0.4 is 5.32 Å². The van der Waals surface area contributed by atoms with Crippen LogP contribution in [0.2, 0.25) is 0 Å². The Kier molecular flexibility index (Phi) is 10.3. The van der Waals surface area contributed by atoms with Gasteiger partial charge in [-0.25, -0.2) is 4.98 Å². The highest BCUT2D eigenvalue weighted by molar-refractivity contribution is 7.14. The van der Waals surface area contributed by atoms with Gasteiger partial charge in [-0.2, -0.15) is 0 Å². The van der Waals surface area contributed by atoms with Crippen LogP contribution in [0.4, 0.5) is 5.13 Å². The molecule has 1 amide bonds. The van der Waals surface area contributed by atoms with Crippen molar-refractivity contribution in [3.05, 3.63) is 35.2 Å². The zero-order chi connectivity index (χ0) is 20.2. The van der Waals surface area contributed by atoms with Crippen molar-refractivity contribution in [2.75, 3.05) is 5.32 Å². The second kappa shape index (κ2) is 12.7. The molecule has 0 radical (unpaired) electrons. The highest BCUT2D eigenvalue weighted by Gasteiger charge is 2.09. The van der Waals surface area contributed by atoms with Gasteiger partial charge in [0.2, 0.25) is 5.91 Å². The average Bonchev–Trinajstić information content (AvgIpc) is 3.18. The number of rotatable bonds is 13. The molecule has 1 aromatic carbocycles. The Hall–Kier alpha value is -1.68. The molecule has 1 atom stereocenters. The van der Waals surface area contributed by atoms with Gasteiger partial charge in [0.25, 0.3) is 0 Å². The van der Waals surface area contributed by atoms with Crippen LogP contribution >= 0.6 is 11.3 Å². The monoisotopic (exact) mass is 400 g/mol. The number of thiazole rings is 1. The molecular weight excluding hydrogens is 364 g/mol. The molecule has 4 heteroatoms. The summed E-state index contributed by atoms with van der Waals surface area (Å²) in [6, 6.07) is 8.62. The van der Waals surface area contributed by atoms with E-state index in [0.29, 0.717) is 17.5 Å². The maximum Gasteiger partial charge on any atom is 0.226 e. The Morgan fingerprint density at radius 2 is 1.64 bits per heavy atom. The Bertz CT molecular complexity index is 693. The van der Waals surface area contributed by atoms with Gasteiger partial charge in [-0.1, -0.05) is 90.0 Å². The fraction of sp³-hybridized carbons (Fsp3) is 0.583. The van der Waals surface area contributed by atoms with E-state index in [2.05, 4.69) is 55.3 Å². The van der Waals surface area contributed by atoms with E-state index in [0.717, 1.165) is 30.5 Å². The summed E-state index contributed by atoms with van der Waals surface area (Å²) in [7, 11) is 0. The first kappa shape index (κ1) is 22.6. The zero-order valence-corrected chi connectivity index (χ0v) is 18.6. The summed E-state index contributed by atoms with van der Waals surface area (Å²) in [5.74, 6) is 0.662. The third-order valence-electron chi connectivity index (χ3n) is 5.40.